The van der Waals surface area contributed by atoms with Crippen molar-refractivity contribution in [3.05, 3.63) is 22.8 Å². The van der Waals surface area contributed by atoms with Crippen LogP contribution in [0.25, 0.3) is 0 Å². The second kappa shape index (κ2) is 8.06. The van der Waals surface area contributed by atoms with Gasteiger partial charge in [0.05, 0.1) is 11.6 Å². The molecule has 1 N–H and O–H groups in total. The lowest BCUT2D eigenvalue weighted by atomic mass is 10.4. The Hall–Kier alpha value is -0.100. The summed E-state index contributed by atoms with van der Waals surface area (Å²) < 4.78 is 5.98. The molecule has 90 valence electrons. The third-order valence-corrected chi connectivity index (χ3v) is 3.46. The molecule has 0 amide bonds. The smallest absolute Gasteiger partial charge is 0.0963 e. The summed E-state index contributed by atoms with van der Waals surface area (Å²) in [6.45, 7) is 4.81. The molecular weight excluding hydrogens is 288 g/mol. The third kappa shape index (κ3) is 5.84. The van der Waals surface area contributed by atoms with Crippen LogP contribution >= 0.6 is 27.7 Å². The second-order valence-electron chi connectivity index (χ2n) is 3.44. The third-order valence-electron chi connectivity index (χ3n) is 1.94. The van der Waals surface area contributed by atoms with Gasteiger partial charge in [0.15, 0.2) is 0 Å². The van der Waals surface area contributed by atoms with E-state index in [1.807, 2.05) is 18.3 Å². The van der Waals surface area contributed by atoms with E-state index in [-0.39, 0.29) is 0 Å². The molecule has 0 aromatic carbocycles. The standard InChI is InChI=1S/C11H17BrN2OS/c1-9(7-13-5-6-15-2)16-11-4-3-10(12)8-14-11/h3-4,8-9,13H,5-7H2,1-2H3. The second-order valence-corrected chi connectivity index (χ2v) is 5.81. The number of hydrogen-bond donors (Lipinski definition) is 1. The fourth-order valence-corrected chi connectivity index (χ4v) is 2.27. The lowest BCUT2D eigenvalue weighted by Crippen LogP contribution is -2.26. The molecular formula is C11H17BrN2OS. The van der Waals surface area contributed by atoms with Crippen LogP contribution in [0.1, 0.15) is 6.92 Å². The van der Waals surface area contributed by atoms with Gasteiger partial charge in [0, 0.05) is 36.1 Å². The van der Waals surface area contributed by atoms with E-state index >= 15 is 0 Å². The summed E-state index contributed by atoms with van der Waals surface area (Å²) in [5.41, 5.74) is 0. The molecule has 1 rings (SSSR count). The van der Waals surface area contributed by atoms with E-state index in [9.17, 15) is 0 Å². The van der Waals surface area contributed by atoms with Crippen LogP contribution in [-0.2, 0) is 4.74 Å². The van der Waals surface area contributed by atoms with Crippen LogP contribution in [0.15, 0.2) is 27.8 Å². The first-order chi connectivity index (χ1) is 7.72. The van der Waals surface area contributed by atoms with E-state index in [4.69, 9.17) is 4.74 Å². The van der Waals surface area contributed by atoms with Crippen LogP contribution in [0.4, 0.5) is 0 Å². The molecule has 0 saturated carbocycles. The van der Waals surface area contributed by atoms with Crippen LogP contribution in [0.5, 0.6) is 0 Å². The summed E-state index contributed by atoms with van der Waals surface area (Å²) >= 11 is 5.15. The highest BCUT2D eigenvalue weighted by atomic mass is 79.9. The largest absolute Gasteiger partial charge is 0.383 e. The molecule has 1 unspecified atom stereocenters. The first kappa shape index (κ1) is 14.0. The molecule has 0 aliphatic carbocycles. The summed E-state index contributed by atoms with van der Waals surface area (Å²) in [6.07, 6.45) is 1.83. The summed E-state index contributed by atoms with van der Waals surface area (Å²) in [5, 5.41) is 4.90. The summed E-state index contributed by atoms with van der Waals surface area (Å²) in [7, 11) is 1.71. The van der Waals surface area contributed by atoms with Crippen LogP contribution < -0.4 is 5.32 Å². The van der Waals surface area contributed by atoms with E-state index < -0.39 is 0 Å². The zero-order valence-electron chi connectivity index (χ0n) is 9.57. The average Bonchev–Trinajstić information content (AvgIpc) is 2.28. The van der Waals surface area contributed by atoms with Crippen LogP contribution in [-0.4, -0.2) is 37.0 Å². The van der Waals surface area contributed by atoms with Crippen molar-refractivity contribution in [1.29, 1.82) is 0 Å². The van der Waals surface area contributed by atoms with Crippen molar-refractivity contribution in [2.75, 3.05) is 26.8 Å². The van der Waals surface area contributed by atoms with Gasteiger partial charge in [-0.25, -0.2) is 4.98 Å². The molecule has 1 aromatic rings. The Balaban J connectivity index is 2.23. The fraction of sp³-hybridized carbons (Fsp3) is 0.545. The first-order valence-electron chi connectivity index (χ1n) is 5.20. The van der Waals surface area contributed by atoms with Crippen LogP contribution in [0.3, 0.4) is 0 Å². The molecule has 0 saturated heterocycles. The Morgan fingerprint density at radius 2 is 2.38 bits per heavy atom. The Labute approximate surface area is 109 Å². The van der Waals surface area contributed by atoms with E-state index in [1.165, 1.54) is 0 Å². The SMILES string of the molecule is COCCNCC(C)Sc1ccc(Br)cn1. The maximum absolute atomic E-state index is 4.97. The molecule has 0 radical (unpaired) electrons. The minimum atomic E-state index is 0.505. The van der Waals surface area contributed by atoms with Crippen molar-refractivity contribution >= 4 is 27.7 Å². The van der Waals surface area contributed by atoms with Gasteiger partial charge in [0.1, 0.15) is 0 Å². The van der Waals surface area contributed by atoms with Gasteiger partial charge in [-0.3, -0.25) is 0 Å². The molecule has 0 bridgehead atoms. The highest BCUT2D eigenvalue weighted by Crippen LogP contribution is 2.21. The van der Waals surface area contributed by atoms with Crippen molar-refractivity contribution in [2.24, 2.45) is 0 Å². The maximum Gasteiger partial charge on any atom is 0.0963 e. The van der Waals surface area contributed by atoms with E-state index in [0.717, 1.165) is 29.2 Å². The minimum absolute atomic E-state index is 0.505. The number of thioether (sulfide) groups is 1. The van der Waals surface area contributed by atoms with Gasteiger partial charge in [-0.1, -0.05) is 6.92 Å². The van der Waals surface area contributed by atoms with Crippen molar-refractivity contribution < 1.29 is 4.74 Å². The molecule has 1 heterocycles. The van der Waals surface area contributed by atoms with Crippen molar-refractivity contribution in [3.8, 4) is 0 Å². The predicted octanol–water partition coefficient (Wildman–Crippen LogP) is 2.56. The van der Waals surface area contributed by atoms with Gasteiger partial charge in [-0.15, -0.1) is 11.8 Å². The molecule has 0 aliphatic rings. The van der Waals surface area contributed by atoms with Gasteiger partial charge in [-0.2, -0.15) is 0 Å². The summed E-state index contributed by atoms with van der Waals surface area (Å²) in [6, 6.07) is 4.04. The monoisotopic (exact) mass is 304 g/mol. The molecule has 16 heavy (non-hydrogen) atoms. The van der Waals surface area contributed by atoms with Gasteiger partial charge in [-0.05, 0) is 28.1 Å². The Morgan fingerprint density at radius 3 is 3.00 bits per heavy atom. The number of nitrogens with zero attached hydrogens (tertiary/aromatic N) is 1. The van der Waals surface area contributed by atoms with E-state index in [2.05, 4.69) is 33.2 Å². The molecule has 0 aliphatic heterocycles. The highest BCUT2D eigenvalue weighted by Gasteiger charge is 2.04. The van der Waals surface area contributed by atoms with Crippen LogP contribution in [0.2, 0.25) is 0 Å². The van der Waals surface area contributed by atoms with Gasteiger partial charge in [0.25, 0.3) is 0 Å². The Bertz CT molecular complexity index is 295. The van der Waals surface area contributed by atoms with Crippen molar-refractivity contribution in [1.82, 2.24) is 10.3 Å². The molecule has 0 fully saturated rings. The van der Waals surface area contributed by atoms with Gasteiger partial charge < -0.3 is 10.1 Å². The Kier molecular flexibility index (Phi) is 7.03. The Morgan fingerprint density at radius 1 is 1.56 bits per heavy atom. The zero-order chi connectivity index (χ0) is 11.8. The normalized spacial score (nSPS) is 12.7. The number of methoxy groups -OCH3 is 1. The topological polar surface area (TPSA) is 34.1 Å². The van der Waals surface area contributed by atoms with Gasteiger partial charge in [0.2, 0.25) is 0 Å². The molecule has 0 spiro atoms. The maximum atomic E-state index is 4.97. The highest BCUT2D eigenvalue weighted by molar-refractivity contribution is 9.10. The molecule has 1 atom stereocenters. The summed E-state index contributed by atoms with van der Waals surface area (Å²) in [4.78, 5) is 4.33. The van der Waals surface area contributed by atoms with E-state index in [1.54, 1.807) is 18.9 Å². The number of halogens is 1. The molecule has 3 nitrogen and oxygen atoms in total. The predicted molar refractivity (Wildman–Crippen MR) is 72.0 cm³/mol. The lowest BCUT2D eigenvalue weighted by Gasteiger charge is -2.11. The van der Waals surface area contributed by atoms with Crippen LogP contribution in [0, 0.1) is 0 Å². The lowest BCUT2D eigenvalue weighted by molar-refractivity contribution is 0.199. The molecule has 5 heteroatoms. The average molecular weight is 305 g/mol. The van der Waals surface area contributed by atoms with E-state index in [0.29, 0.717) is 5.25 Å². The fourth-order valence-electron chi connectivity index (χ4n) is 1.16. The zero-order valence-corrected chi connectivity index (χ0v) is 12.0. The minimum Gasteiger partial charge on any atom is -0.383 e. The number of rotatable bonds is 7. The number of pyridine rings is 1. The van der Waals surface area contributed by atoms with Gasteiger partial charge >= 0.3 is 0 Å². The molecule has 1 aromatic heterocycles. The number of nitrogens with one attached hydrogen (secondary N) is 1. The number of hydrogen-bond acceptors (Lipinski definition) is 4. The number of ether oxygens (including phenoxy) is 1. The van der Waals surface area contributed by atoms with Crippen molar-refractivity contribution in [3.63, 3.8) is 0 Å². The summed E-state index contributed by atoms with van der Waals surface area (Å²) in [5.74, 6) is 0. The van der Waals surface area contributed by atoms with Crippen molar-refractivity contribution in [2.45, 2.75) is 17.2 Å². The first-order valence-corrected chi connectivity index (χ1v) is 6.87. The number of aromatic nitrogens is 1. The quantitative estimate of drug-likeness (QED) is 0.620.